The fourth-order valence-electron chi connectivity index (χ4n) is 2.70. The van der Waals surface area contributed by atoms with Gasteiger partial charge in [-0.25, -0.2) is 0 Å². The molecule has 1 amide bonds. The van der Waals surface area contributed by atoms with Gasteiger partial charge in [-0.05, 0) is 48.4 Å². The number of hydrogen-bond donors (Lipinski definition) is 3. The van der Waals surface area contributed by atoms with Crippen LogP contribution in [0.5, 0.6) is 11.5 Å². The molecule has 7 heteroatoms. The maximum atomic E-state index is 12.0. The maximum Gasteiger partial charge on any atom is 0.264 e. The summed E-state index contributed by atoms with van der Waals surface area (Å²) in [5, 5.41) is 22.5. The van der Waals surface area contributed by atoms with Crippen LogP contribution in [0.2, 0.25) is 5.02 Å². The van der Waals surface area contributed by atoms with E-state index in [0.717, 1.165) is 12.8 Å². The van der Waals surface area contributed by atoms with Gasteiger partial charge >= 0.3 is 0 Å². The lowest BCUT2D eigenvalue weighted by molar-refractivity contribution is -0.115. The van der Waals surface area contributed by atoms with Gasteiger partial charge in [0.2, 0.25) is 0 Å². The first kappa shape index (κ1) is 16.2. The molecule has 0 atom stereocenters. The molecule has 2 fully saturated rings. The number of carbonyl (C=O) groups excluding carboxylic acids is 1. The molecule has 122 valence electrons. The highest BCUT2D eigenvalue weighted by Gasteiger charge is 2.25. The molecular formula is C16H17ClN2O3S. The summed E-state index contributed by atoms with van der Waals surface area (Å²) in [6, 6.07) is 3.14. The number of amides is 1. The molecule has 5 nitrogen and oxygen atoms in total. The molecule has 1 heterocycles. The molecule has 1 aliphatic carbocycles. The molecule has 0 bridgehead atoms. The number of aliphatic imine (C=N–C) groups is 1. The first-order valence-electron chi connectivity index (χ1n) is 7.53. The fourth-order valence-corrected chi connectivity index (χ4v) is 3.82. The zero-order valence-corrected chi connectivity index (χ0v) is 14.0. The Morgan fingerprint density at radius 1 is 1.26 bits per heavy atom. The Morgan fingerprint density at radius 2 is 2.00 bits per heavy atom. The van der Waals surface area contributed by atoms with Crippen molar-refractivity contribution in [2.45, 2.75) is 38.1 Å². The van der Waals surface area contributed by atoms with Gasteiger partial charge in [-0.2, -0.15) is 0 Å². The third-order valence-electron chi connectivity index (χ3n) is 3.89. The molecule has 0 spiro atoms. The van der Waals surface area contributed by atoms with Gasteiger partial charge in [0.25, 0.3) is 5.91 Å². The lowest BCUT2D eigenvalue weighted by Gasteiger charge is -2.17. The predicted molar refractivity (Wildman–Crippen MR) is 92.8 cm³/mol. The number of amidine groups is 1. The van der Waals surface area contributed by atoms with Crippen LogP contribution in [0.4, 0.5) is 0 Å². The number of phenolic OH excluding ortho intramolecular Hbond substituents is 2. The van der Waals surface area contributed by atoms with E-state index in [2.05, 4.69) is 10.3 Å². The first-order valence-corrected chi connectivity index (χ1v) is 8.72. The summed E-state index contributed by atoms with van der Waals surface area (Å²) in [5.41, 5.74) is 0.543. The molecule has 23 heavy (non-hydrogen) atoms. The van der Waals surface area contributed by atoms with Crippen molar-refractivity contribution < 1.29 is 15.0 Å². The molecule has 0 unspecified atom stereocenters. The topological polar surface area (TPSA) is 81.9 Å². The number of nitrogens with zero attached hydrogens (tertiary/aromatic N) is 1. The van der Waals surface area contributed by atoms with E-state index in [1.54, 1.807) is 6.08 Å². The summed E-state index contributed by atoms with van der Waals surface area (Å²) in [6.45, 7) is 0. The van der Waals surface area contributed by atoms with Gasteiger partial charge < -0.3 is 15.5 Å². The lowest BCUT2D eigenvalue weighted by atomic mass is 9.96. The van der Waals surface area contributed by atoms with Crippen LogP contribution in [0.3, 0.4) is 0 Å². The third kappa shape index (κ3) is 3.82. The van der Waals surface area contributed by atoms with Crippen molar-refractivity contribution in [3.63, 3.8) is 0 Å². The number of thioether (sulfide) groups is 1. The summed E-state index contributed by atoms with van der Waals surface area (Å²) in [4.78, 5) is 17.1. The van der Waals surface area contributed by atoms with Gasteiger partial charge in [-0.1, -0.05) is 30.9 Å². The smallest absolute Gasteiger partial charge is 0.264 e. The molecule has 3 N–H and O–H groups in total. The van der Waals surface area contributed by atoms with E-state index in [1.807, 2.05) is 0 Å². The predicted octanol–water partition coefficient (Wildman–Crippen LogP) is 3.64. The molecule has 0 radical (unpaired) electrons. The van der Waals surface area contributed by atoms with Crippen molar-refractivity contribution in [1.29, 1.82) is 0 Å². The van der Waals surface area contributed by atoms with Crippen LogP contribution in [-0.4, -0.2) is 27.3 Å². The Bertz CT molecular complexity index is 674. The summed E-state index contributed by atoms with van der Waals surface area (Å²) >= 11 is 7.11. The Hall–Kier alpha value is -1.66. The Morgan fingerprint density at radius 3 is 2.70 bits per heavy atom. The maximum absolute atomic E-state index is 12.0. The minimum Gasteiger partial charge on any atom is -0.504 e. The highest BCUT2D eigenvalue weighted by molar-refractivity contribution is 8.18. The Labute approximate surface area is 143 Å². The number of hydrogen-bond acceptors (Lipinski definition) is 5. The highest BCUT2D eigenvalue weighted by atomic mass is 35.5. The second kappa shape index (κ2) is 6.84. The minimum atomic E-state index is -0.364. The quantitative estimate of drug-likeness (QED) is 0.560. The van der Waals surface area contributed by atoms with Crippen LogP contribution in [0.15, 0.2) is 22.0 Å². The normalized spacial score (nSPS) is 22.7. The van der Waals surface area contributed by atoms with Crippen molar-refractivity contribution in [1.82, 2.24) is 5.32 Å². The summed E-state index contributed by atoms with van der Waals surface area (Å²) in [5.74, 6) is -0.894. The summed E-state index contributed by atoms with van der Waals surface area (Å²) < 4.78 is 0. The Kier molecular flexibility index (Phi) is 4.82. The Balaban J connectivity index is 1.78. The summed E-state index contributed by atoms with van der Waals surface area (Å²) in [7, 11) is 0. The molecule has 1 aliphatic heterocycles. The van der Waals surface area contributed by atoms with Gasteiger partial charge in [-0.3, -0.25) is 9.79 Å². The molecule has 0 aromatic heterocycles. The number of benzene rings is 1. The van der Waals surface area contributed by atoms with Crippen molar-refractivity contribution in [3.8, 4) is 11.5 Å². The molecule has 1 aromatic rings. The van der Waals surface area contributed by atoms with Gasteiger partial charge in [0.15, 0.2) is 16.7 Å². The minimum absolute atomic E-state index is 0.0383. The van der Waals surface area contributed by atoms with Crippen LogP contribution >= 0.6 is 23.4 Å². The van der Waals surface area contributed by atoms with E-state index < -0.39 is 0 Å². The van der Waals surface area contributed by atoms with Crippen molar-refractivity contribution >= 4 is 40.5 Å². The third-order valence-corrected chi connectivity index (χ3v) is 5.10. The zero-order valence-electron chi connectivity index (χ0n) is 12.4. The number of carbonyl (C=O) groups is 1. The van der Waals surface area contributed by atoms with E-state index in [9.17, 15) is 15.0 Å². The molecule has 1 saturated carbocycles. The van der Waals surface area contributed by atoms with Gasteiger partial charge in [-0.15, -0.1) is 0 Å². The first-order chi connectivity index (χ1) is 11.0. The molecule has 1 saturated heterocycles. The van der Waals surface area contributed by atoms with Gasteiger partial charge in [0.1, 0.15) is 0 Å². The standard InChI is InChI=1S/C16H17ClN2O3S/c17-11-6-9(7-12(20)14(11)21)8-13-15(22)19-16(23-13)18-10-4-2-1-3-5-10/h6-8,10,20-21H,1-5H2,(H,18,19,22)/b13-8-. The van der Waals surface area contributed by atoms with Crippen molar-refractivity contribution in [3.05, 3.63) is 27.6 Å². The number of nitrogens with one attached hydrogen (secondary N) is 1. The van der Waals surface area contributed by atoms with Crippen LogP contribution in [0.25, 0.3) is 6.08 Å². The van der Waals surface area contributed by atoms with E-state index in [0.29, 0.717) is 15.6 Å². The molecule has 3 rings (SSSR count). The number of aromatic hydroxyl groups is 2. The van der Waals surface area contributed by atoms with Gasteiger partial charge in [0, 0.05) is 0 Å². The monoisotopic (exact) mass is 352 g/mol. The second-order valence-corrected chi connectivity index (χ2v) is 7.10. The second-order valence-electron chi connectivity index (χ2n) is 5.66. The van der Waals surface area contributed by atoms with E-state index >= 15 is 0 Å². The van der Waals surface area contributed by atoms with Crippen molar-refractivity contribution in [2.24, 2.45) is 4.99 Å². The number of halogens is 1. The average Bonchev–Trinajstić information content (AvgIpc) is 2.85. The van der Waals surface area contributed by atoms with E-state index in [1.165, 1.54) is 43.2 Å². The SMILES string of the molecule is O=C1NC(=NC2CCCCC2)S/C1=C\c1cc(O)c(O)c(Cl)c1. The van der Waals surface area contributed by atoms with E-state index in [4.69, 9.17) is 11.6 Å². The van der Waals surface area contributed by atoms with Gasteiger partial charge in [0.05, 0.1) is 16.0 Å². The molecule has 1 aromatic carbocycles. The molecular weight excluding hydrogens is 336 g/mol. The van der Waals surface area contributed by atoms with Crippen LogP contribution in [-0.2, 0) is 4.79 Å². The molecule has 2 aliphatic rings. The zero-order chi connectivity index (χ0) is 16.4. The number of phenols is 2. The fraction of sp³-hybridized carbons (Fsp3) is 0.375. The largest absolute Gasteiger partial charge is 0.504 e. The number of rotatable bonds is 2. The summed E-state index contributed by atoms with van der Waals surface area (Å²) in [6.07, 6.45) is 7.40. The van der Waals surface area contributed by atoms with Crippen molar-refractivity contribution in [2.75, 3.05) is 0 Å². The lowest BCUT2D eigenvalue weighted by Crippen LogP contribution is -2.22. The van der Waals surface area contributed by atoms with E-state index in [-0.39, 0.29) is 28.5 Å². The highest BCUT2D eigenvalue weighted by Crippen LogP contribution is 2.36. The van der Waals surface area contributed by atoms with Crippen LogP contribution in [0, 0.1) is 0 Å². The van der Waals surface area contributed by atoms with Crippen LogP contribution < -0.4 is 5.32 Å². The van der Waals surface area contributed by atoms with Crippen LogP contribution in [0.1, 0.15) is 37.7 Å². The average molecular weight is 353 g/mol.